The Morgan fingerprint density at radius 2 is 2.17 bits per heavy atom. The Morgan fingerprint density at radius 3 is 2.50 bits per heavy atom. The fraction of sp³-hybridized carbons (Fsp3) is 0.778. The lowest BCUT2D eigenvalue weighted by Crippen LogP contribution is -2.40. The van der Waals surface area contributed by atoms with Gasteiger partial charge in [0.25, 0.3) is 0 Å². The molecule has 1 aliphatic rings. The van der Waals surface area contributed by atoms with Crippen LogP contribution < -0.4 is 0 Å². The Labute approximate surface area is 71.8 Å². The largest absolute Gasteiger partial charge is 0.481 e. The summed E-state index contributed by atoms with van der Waals surface area (Å²) in [5, 5.41) is 8.82. The molecule has 0 aromatic carbocycles. The summed E-state index contributed by atoms with van der Waals surface area (Å²) in [7, 11) is 0. The number of carboxylic acid groups (broad SMARTS) is 1. The summed E-state index contributed by atoms with van der Waals surface area (Å²) in [5.74, 6) is -1.87. The van der Waals surface area contributed by atoms with Gasteiger partial charge in [0.05, 0.1) is 0 Å². The first-order chi connectivity index (χ1) is 5.45. The summed E-state index contributed by atoms with van der Waals surface area (Å²) in [6, 6.07) is 0. The highest BCUT2D eigenvalue weighted by atomic mass is 16.4. The van der Waals surface area contributed by atoms with E-state index in [1.165, 1.54) is 0 Å². The van der Waals surface area contributed by atoms with Crippen LogP contribution in [0.4, 0.5) is 0 Å². The molecule has 0 bridgehead atoms. The number of hydrogen-bond donors (Lipinski definition) is 1. The van der Waals surface area contributed by atoms with Crippen LogP contribution in [0.15, 0.2) is 0 Å². The van der Waals surface area contributed by atoms with Crippen LogP contribution in [0.25, 0.3) is 0 Å². The van der Waals surface area contributed by atoms with E-state index < -0.39 is 11.9 Å². The third kappa shape index (κ3) is 1.49. The average Bonchev–Trinajstić information content (AvgIpc) is 1.82. The first-order valence-corrected chi connectivity index (χ1v) is 4.20. The standard InChI is InChI=1S/C9H14O3/c1-9(2)5-3-4-6(10)7(9)8(11)12/h7H,3-5H2,1-2H3,(H,11,12). The first-order valence-electron chi connectivity index (χ1n) is 4.20. The van der Waals surface area contributed by atoms with Crippen molar-refractivity contribution in [1.29, 1.82) is 0 Å². The molecule has 0 aliphatic heterocycles. The topological polar surface area (TPSA) is 54.4 Å². The lowest BCUT2D eigenvalue weighted by Gasteiger charge is -2.34. The molecule has 1 fully saturated rings. The summed E-state index contributed by atoms with van der Waals surface area (Å²) < 4.78 is 0. The maximum Gasteiger partial charge on any atom is 0.314 e. The zero-order valence-electron chi connectivity index (χ0n) is 7.46. The molecule has 0 aromatic heterocycles. The zero-order chi connectivity index (χ0) is 9.35. The SMILES string of the molecule is CC1(C)CCCC(=O)C1C(=O)O. The van der Waals surface area contributed by atoms with Gasteiger partial charge in [-0.05, 0) is 18.3 Å². The Bertz CT molecular complexity index is 218. The summed E-state index contributed by atoms with van der Waals surface area (Å²) >= 11 is 0. The number of hydrogen-bond acceptors (Lipinski definition) is 2. The molecule has 0 saturated heterocycles. The lowest BCUT2D eigenvalue weighted by molar-refractivity contribution is -0.153. The molecule has 3 nitrogen and oxygen atoms in total. The second kappa shape index (κ2) is 2.88. The summed E-state index contributed by atoms with van der Waals surface area (Å²) in [5.41, 5.74) is -0.360. The predicted octanol–water partition coefficient (Wildman–Crippen LogP) is 1.47. The fourth-order valence-electron chi connectivity index (χ4n) is 1.91. The van der Waals surface area contributed by atoms with Crippen molar-refractivity contribution in [3.05, 3.63) is 0 Å². The number of Topliss-reactive ketones (excluding diaryl/α,β-unsaturated/α-hetero) is 1. The van der Waals surface area contributed by atoms with Gasteiger partial charge < -0.3 is 5.11 Å². The van der Waals surface area contributed by atoms with E-state index in [4.69, 9.17) is 5.11 Å². The van der Waals surface area contributed by atoms with Crippen molar-refractivity contribution in [3.8, 4) is 0 Å². The third-order valence-electron chi connectivity index (χ3n) is 2.59. The number of carbonyl (C=O) groups excluding carboxylic acids is 1. The molecule has 1 aliphatic carbocycles. The highest BCUT2D eigenvalue weighted by Crippen LogP contribution is 2.38. The quantitative estimate of drug-likeness (QED) is 0.606. The first kappa shape index (κ1) is 9.23. The van der Waals surface area contributed by atoms with Gasteiger partial charge in [0.1, 0.15) is 11.7 Å². The van der Waals surface area contributed by atoms with Gasteiger partial charge in [-0.25, -0.2) is 0 Å². The molecule has 68 valence electrons. The van der Waals surface area contributed by atoms with Crippen LogP contribution in [0.3, 0.4) is 0 Å². The molecule has 0 radical (unpaired) electrons. The number of carboxylic acids is 1. The maximum atomic E-state index is 11.3. The second-order valence-corrected chi connectivity index (χ2v) is 4.08. The van der Waals surface area contributed by atoms with Gasteiger partial charge >= 0.3 is 5.97 Å². The van der Waals surface area contributed by atoms with E-state index in [1.54, 1.807) is 0 Å². The highest BCUT2D eigenvalue weighted by molar-refractivity contribution is 5.99. The van der Waals surface area contributed by atoms with E-state index in [0.29, 0.717) is 6.42 Å². The molecule has 0 spiro atoms. The van der Waals surface area contributed by atoms with Crippen LogP contribution >= 0.6 is 0 Å². The molecular weight excluding hydrogens is 156 g/mol. The van der Waals surface area contributed by atoms with Crippen LogP contribution in [0, 0.1) is 11.3 Å². The van der Waals surface area contributed by atoms with Crippen molar-refractivity contribution in [1.82, 2.24) is 0 Å². The van der Waals surface area contributed by atoms with Gasteiger partial charge in [0.2, 0.25) is 0 Å². The van der Waals surface area contributed by atoms with Crippen molar-refractivity contribution >= 4 is 11.8 Å². The van der Waals surface area contributed by atoms with Crippen molar-refractivity contribution in [3.63, 3.8) is 0 Å². The average molecular weight is 170 g/mol. The molecule has 1 N–H and O–H groups in total. The number of rotatable bonds is 1. The van der Waals surface area contributed by atoms with Crippen LogP contribution in [0.1, 0.15) is 33.1 Å². The number of carbonyl (C=O) groups is 2. The Hall–Kier alpha value is -0.860. The van der Waals surface area contributed by atoms with E-state index in [-0.39, 0.29) is 11.2 Å². The van der Waals surface area contributed by atoms with Crippen molar-refractivity contribution in [2.24, 2.45) is 11.3 Å². The van der Waals surface area contributed by atoms with Gasteiger partial charge in [0, 0.05) is 6.42 Å². The number of ketones is 1. The summed E-state index contributed by atoms with van der Waals surface area (Å²) in [6.45, 7) is 3.70. The monoisotopic (exact) mass is 170 g/mol. The minimum atomic E-state index is -0.968. The molecule has 3 heteroatoms. The van der Waals surface area contributed by atoms with Crippen LogP contribution in [0.5, 0.6) is 0 Å². The third-order valence-corrected chi connectivity index (χ3v) is 2.59. The zero-order valence-corrected chi connectivity index (χ0v) is 7.46. The molecule has 1 atom stereocenters. The van der Waals surface area contributed by atoms with E-state index in [0.717, 1.165) is 12.8 Å². The molecule has 0 heterocycles. The van der Waals surface area contributed by atoms with E-state index >= 15 is 0 Å². The number of aliphatic carboxylic acids is 1. The molecule has 1 rings (SSSR count). The molecular formula is C9H14O3. The van der Waals surface area contributed by atoms with Gasteiger partial charge in [-0.2, -0.15) is 0 Å². The van der Waals surface area contributed by atoms with Crippen molar-refractivity contribution in [2.45, 2.75) is 33.1 Å². The van der Waals surface area contributed by atoms with Crippen LogP contribution in [-0.2, 0) is 9.59 Å². The predicted molar refractivity (Wildman–Crippen MR) is 43.8 cm³/mol. The Kier molecular flexibility index (Phi) is 2.22. The van der Waals surface area contributed by atoms with E-state index in [1.807, 2.05) is 13.8 Å². The minimum Gasteiger partial charge on any atom is -0.481 e. The van der Waals surface area contributed by atoms with Gasteiger partial charge in [-0.15, -0.1) is 0 Å². The van der Waals surface area contributed by atoms with E-state index in [9.17, 15) is 9.59 Å². The van der Waals surface area contributed by atoms with Crippen LogP contribution in [0.2, 0.25) is 0 Å². The molecule has 1 saturated carbocycles. The highest BCUT2D eigenvalue weighted by Gasteiger charge is 2.42. The fourth-order valence-corrected chi connectivity index (χ4v) is 1.91. The Morgan fingerprint density at radius 1 is 1.58 bits per heavy atom. The lowest BCUT2D eigenvalue weighted by atomic mass is 9.68. The second-order valence-electron chi connectivity index (χ2n) is 4.08. The molecule has 0 amide bonds. The van der Waals surface area contributed by atoms with Crippen LogP contribution in [-0.4, -0.2) is 16.9 Å². The molecule has 0 aromatic rings. The normalized spacial score (nSPS) is 28.5. The summed E-state index contributed by atoms with van der Waals surface area (Å²) in [6.07, 6.45) is 2.09. The van der Waals surface area contributed by atoms with Gasteiger partial charge in [-0.3, -0.25) is 9.59 Å². The maximum absolute atomic E-state index is 11.3. The Balaban J connectivity index is 2.88. The van der Waals surface area contributed by atoms with E-state index in [2.05, 4.69) is 0 Å². The molecule has 12 heavy (non-hydrogen) atoms. The molecule has 1 unspecified atom stereocenters. The minimum absolute atomic E-state index is 0.112. The van der Waals surface area contributed by atoms with Crippen molar-refractivity contribution in [2.75, 3.05) is 0 Å². The summed E-state index contributed by atoms with van der Waals surface area (Å²) in [4.78, 5) is 22.0. The van der Waals surface area contributed by atoms with Crippen molar-refractivity contribution < 1.29 is 14.7 Å². The van der Waals surface area contributed by atoms with Gasteiger partial charge in [-0.1, -0.05) is 13.8 Å². The smallest absolute Gasteiger partial charge is 0.314 e. The van der Waals surface area contributed by atoms with Gasteiger partial charge in [0.15, 0.2) is 0 Å².